The summed E-state index contributed by atoms with van der Waals surface area (Å²) >= 11 is 0. The minimum absolute atomic E-state index is 0.138. The maximum Gasteiger partial charge on any atom is 0.142 e. The Balaban J connectivity index is 1.45. The number of halogens is 2. The third-order valence-electron chi connectivity index (χ3n) is 6.96. The van der Waals surface area contributed by atoms with Crippen LogP contribution in [-0.4, -0.2) is 20.2 Å². The first-order chi connectivity index (χ1) is 20.8. The molecular formula is C35H30F2N6. The molecule has 0 unspecified atom stereocenters. The Kier molecular flexibility index (Phi) is 8.39. The third kappa shape index (κ3) is 6.18. The van der Waals surface area contributed by atoms with Gasteiger partial charge in [-0.05, 0) is 61.4 Å². The van der Waals surface area contributed by atoms with E-state index in [1.165, 1.54) is 12.1 Å². The van der Waals surface area contributed by atoms with Gasteiger partial charge in [-0.25, -0.2) is 8.78 Å². The number of allylic oxidation sites excluding steroid dienone is 1. The van der Waals surface area contributed by atoms with Gasteiger partial charge in [0.2, 0.25) is 0 Å². The highest BCUT2D eigenvalue weighted by molar-refractivity contribution is 5.94. The summed E-state index contributed by atoms with van der Waals surface area (Å²) in [4.78, 5) is 8.76. The lowest BCUT2D eigenvalue weighted by Gasteiger charge is -2.14. The zero-order chi connectivity index (χ0) is 30.5. The number of hydrogen-bond donors (Lipinski definition) is 3. The van der Waals surface area contributed by atoms with Crippen molar-refractivity contribution in [1.82, 2.24) is 20.2 Å². The fourth-order valence-electron chi connectivity index (χ4n) is 4.63. The van der Waals surface area contributed by atoms with E-state index in [0.717, 1.165) is 16.7 Å². The molecule has 2 aromatic carbocycles. The van der Waals surface area contributed by atoms with Crippen LogP contribution < -0.4 is 21.2 Å². The molecule has 0 amide bonds. The first kappa shape index (κ1) is 28.9. The second kappa shape index (κ2) is 12.5. The van der Waals surface area contributed by atoms with Crippen molar-refractivity contribution in [3.63, 3.8) is 0 Å². The predicted molar refractivity (Wildman–Crippen MR) is 172 cm³/mol. The second-order valence-electron chi connectivity index (χ2n) is 9.82. The summed E-state index contributed by atoms with van der Waals surface area (Å²) in [6, 6.07) is 19.4. The van der Waals surface area contributed by atoms with Gasteiger partial charge < -0.3 is 10.6 Å². The molecule has 8 heteroatoms. The molecular weight excluding hydrogens is 542 g/mol. The third-order valence-corrected chi connectivity index (χ3v) is 6.96. The molecule has 6 nitrogen and oxygen atoms in total. The Morgan fingerprint density at radius 2 is 1.65 bits per heavy atom. The molecule has 0 saturated heterocycles. The number of pyridine rings is 2. The fraction of sp³-hybridized carbons (Fsp3) is 0.0571. The Morgan fingerprint density at radius 3 is 2.37 bits per heavy atom. The van der Waals surface area contributed by atoms with E-state index < -0.39 is 5.83 Å². The van der Waals surface area contributed by atoms with Gasteiger partial charge in [-0.15, -0.1) is 0 Å². The number of nitrogens with zero attached hydrogens (tertiary/aromatic N) is 3. The molecule has 3 N–H and O–H groups in total. The van der Waals surface area contributed by atoms with Crippen molar-refractivity contribution in [1.29, 1.82) is 0 Å². The van der Waals surface area contributed by atoms with Gasteiger partial charge >= 0.3 is 0 Å². The van der Waals surface area contributed by atoms with Crippen LogP contribution in [-0.2, 0) is 0 Å². The lowest BCUT2D eigenvalue weighted by Crippen LogP contribution is -2.27. The number of hydrogen-bond acceptors (Lipinski definition) is 5. The Labute approximate surface area is 248 Å². The number of nitrogens with one attached hydrogen (secondary N) is 3. The van der Waals surface area contributed by atoms with E-state index >= 15 is 4.39 Å². The maximum absolute atomic E-state index is 16.3. The van der Waals surface area contributed by atoms with Crippen molar-refractivity contribution >= 4 is 40.2 Å². The van der Waals surface area contributed by atoms with E-state index in [1.54, 1.807) is 55.9 Å². The van der Waals surface area contributed by atoms with Gasteiger partial charge in [0.15, 0.2) is 0 Å². The van der Waals surface area contributed by atoms with Crippen LogP contribution in [0.2, 0.25) is 0 Å². The molecule has 0 fully saturated rings. The van der Waals surface area contributed by atoms with E-state index in [9.17, 15) is 4.39 Å². The summed E-state index contributed by atoms with van der Waals surface area (Å²) in [6.07, 6.45) is 6.57. The van der Waals surface area contributed by atoms with Crippen molar-refractivity contribution in [2.75, 3.05) is 10.6 Å². The normalized spacial score (nSPS) is 12.0. The highest BCUT2D eigenvalue weighted by Crippen LogP contribution is 2.29. The lowest BCUT2D eigenvalue weighted by molar-refractivity contribution is 0.628. The minimum Gasteiger partial charge on any atom is -0.354 e. The van der Waals surface area contributed by atoms with Gasteiger partial charge in [-0.1, -0.05) is 56.1 Å². The predicted octanol–water partition coefficient (Wildman–Crippen LogP) is 7.07. The summed E-state index contributed by atoms with van der Waals surface area (Å²) in [7, 11) is 0. The molecule has 0 spiro atoms. The molecule has 5 aromatic rings. The molecule has 214 valence electrons. The first-order valence-corrected chi connectivity index (χ1v) is 13.5. The van der Waals surface area contributed by atoms with Crippen LogP contribution in [0.4, 0.5) is 20.2 Å². The molecule has 0 bridgehead atoms. The molecule has 3 heterocycles. The first-order valence-electron chi connectivity index (χ1n) is 13.5. The summed E-state index contributed by atoms with van der Waals surface area (Å²) in [5.74, 6) is -0.894. The van der Waals surface area contributed by atoms with Gasteiger partial charge in [0.05, 0.1) is 33.8 Å². The van der Waals surface area contributed by atoms with Crippen molar-refractivity contribution in [2.45, 2.75) is 13.8 Å². The highest BCUT2D eigenvalue weighted by atomic mass is 19.1. The SMILES string of the molecule is C=C(Nc1cncc(C(=C)/C(F)=c2/c(C(=C)Nc3ccnc(-c4ccc(F)cc4)c3C)n[nH]/c2=C/C)c1)c1ccccc1. The zero-order valence-electron chi connectivity index (χ0n) is 23.9. The highest BCUT2D eigenvalue weighted by Gasteiger charge is 2.17. The number of aromatic nitrogens is 4. The van der Waals surface area contributed by atoms with Gasteiger partial charge in [0.25, 0.3) is 0 Å². The van der Waals surface area contributed by atoms with E-state index in [-0.39, 0.29) is 16.6 Å². The van der Waals surface area contributed by atoms with Crippen LogP contribution in [0.3, 0.4) is 0 Å². The number of H-pyrrole nitrogens is 1. The average Bonchev–Trinajstić information content (AvgIpc) is 3.47. The van der Waals surface area contributed by atoms with E-state index in [0.29, 0.717) is 45.1 Å². The number of aromatic amines is 1. The van der Waals surface area contributed by atoms with Gasteiger partial charge in [-0.3, -0.25) is 15.1 Å². The van der Waals surface area contributed by atoms with Crippen LogP contribution in [0.25, 0.3) is 40.1 Å². The summed E-state index contributed by atoms with van der Waals surface area (Å²) in [6.45, 7) is 16.0. The van der Waals surface area contributed by atoms with Crippen molar-refractivity contribution in [3.8, 4) is 11.3 Å². The largest absolute Gasteiger partial charge is 0.354 e. The summed E-state index contributed by atoms with van der Waals surface area (Å²) < 4.78 is 29.7. The number of benzene rings is 2. The van der Waals surface area contributed by atoms with E-state index in [2.05, 4.69) is 50.5 Å². The quantitative estimate of drug-likeness (QED) is 0.176. The summed E-state index contributed by atoms with van der Waals surface area (Å²) in [5, 5.41) is 14.5. The molecule has 43 heavy (non-hydrogen) atoms. The standard InChI is InChI=1S/C35H30F2N6/c1-6-30-32(33(37)21(2)27-18-29(20-38-19-27)40-23(4)25-10-8-7-9-11-25)35(43-42-30)24(5)41-31-16-17-39-34(22(31)3)26-12-14-28(36)15-13-26/h6-20,40,42H,2,4-5H2,1,3H3,(H,39,41)/b30-6+,33-32-. The Morgan fingerprint density at radius 1 is 0.907 bits per heavy atom. The van der Waals surface area contributed by atoms with Crippen molar-refractivity contribution in [2.24, 2.45) is 0 Å². The molecule has 5 rings (SSSR count). The van der Waals surface area contributed by atoms with Crippen LogP contribution >= 0.6 is 0 Å². The molecule has 0 aliphatic rings. The molecule has 0 atom stereocenters. The molecule has 3 aromatic heterocycles. The second-order valence-corrected chi connectivity index (χ2v) is 9.82. The fourth-order valence-corrected chi connectivity index (χ4v) is 4.63. The maximum atomic E-state index is 16.3. The average molecular weight is 573 g/mol. The topological polar surface area (TPSA) is 78.5 Å². The summed E-state index contributed by atoms with van der Waals surface area (Å²) in [5.41, 5.74) is 6.53. The number of anilines is 2. The minimum atomic E-state index is -0.570. The molecule has 0 aliphatic carbocycles. The monoisotopic (exact) mass is 572 g/mol. The Bertz CT molecular complexity index is 1960. The van der Waals surface area contributed by atoms with E-state index in [4.69, 9.17) is 0 Å². The lowest BCUT2D eigenvalue weighted by atomic mass is 10.0. The van der Waals surface area contributed by atoms with Crippen LogP contribution in [0.15, 0.2) is 105 Å². The smallest absolute Gasteiger partial charge is 0.142 e. The number of rotatable bonds is 9. The van der Waals surface area contributed by atoms with Crippen molar-refractivity contribution in [3.05, 3.63) is 144 Å². The molecule has 0 saturated carbocycles. The molecule has 0 aliphatic heterocycles. The van der Waals surface area contributed by atoms with Crippen LogP contribution in [0, 0.1) is 12.7 Å². The van der Waals surface area contributed by atoms with Gasteiger partial charge in [0.1, 0.15) is 17.3 Å². The molecule has 0 radical (unpaired) electrons. The zero-order valence-corrected chi connectivity index (χ0v) is 23.9. The van der Waals surface area contributed by atoms with Crippen molar-refractivity contribution < 1.29 is 8.78 Å². The van der Waals surface area contributed by atoms with Gasteiger partial charge in [0, 0.05) is 40.5 Å². The van der Waals surface area contributed by atoms with E-state index in [1.807, 2.05) is 37.3 Å². The van der Waals surface area contributed by atoms with Gasteiger partial charge in [-0.2, -0.15) is 5.10 Å². The van der Waals surface area contributed by atoms with Crippen LogP contribution in [0.5, 0.6) is 0 Å². The van der Waals surface area contributed by atoms with Crippen LogP contribution in [0.1, 0.15) is 29.3 Å². The Hall–Kier alpha value is -5.63.